The van der Waals surface area contributed by atoms with Crippen molar-refractivity contribution in [2.24, 2.45) is 0 Å². The molecule has 0 saturated heterocycles. The largest absolute Gasteiger partial charge is 0.465 e. The number of nitrogens with two attached hydrogens (primary N) is 1. The minimum Gasteiger partial charge on any atom is -0.465 e. The third kappa shape index (κ3) is 3.01. The SMILES string of the molecule is COC(=O)c1cc(N)cnc1N(CCCO)C1CCC1. The summed E-state index contributed by atoms with van der Waals surface area (Å²) >= 11 is 0. The lowest BCUT2D eigenvalue weighted by Gasteiger charge is -2.39. The van der Waals surface area contributed by atoms with Crippen molar-refractivity contribution in [1.29, 1.82) is 0 Å². The summed E-state index contributed by atoms with van der Waals surface area (Å²) < 4.78 is 4.81. The van der Waals surface area contributed by atoms with Gasteiger partial charge in [0.1, 0.15) is 11.4 Å². The van der Waals surface area contributed by atoms with E-state index in [9.17, 15) is 4.79 Å². The van der Waals surface area contributed by atoms with E-state index in [1.807, 2.05) is 0 Å². The zero-order valence-corrected chi connectivity index (χ0v) is 11.7. The Morgan fingerprint density at radius 1 is 1.60 bits per heavy atom. The van der Waals surface area contributed by atoms with Crippen LogP contribution in [0.1, 0.15) is 36.0 Å². The van der Waals surface area contributed by atoms with Crippen LogP contribution in [0.15, 0.2) is 12.3 Å². The minimum atomic E-state index is -0.437. The number of aliphatic hydroxyl groups is 1. The van der Waals surface area contributed by atoms with E-state index in [-0.39, 0.29) is 6.61 Å². The molecule has 0 amide bonds. The summed E-state index contributed by atoms with van der Waals surface area (Å²) in [4.78, 5) is 18.3. The molecule has 20 heavy (non-hydrogen) atoms. The van der Waals surface area contributed by atoms with Crippen molar-refractivity contribution in [2.75, 3.05) is 30.9 Å². The number of methoxy groups -OCH3 is 1. The van der Waals surface area contributed by atoms with Crippen molar-refractivity contribution in [2.45, 2.75) is 31.7 Å². The van der Waals surface area contributed by atoms with Crippen molar-refractivity contribution in [3.63, 3.8) is 0 Å². The van der Waals surface area contributed by atoms with Crippen LogP contribution in [0.5, 0.6) is 0 Å². The van der Waals surface area contributed by atoms with Gasteiger partial charge in [-0.2, -0.15) is 0 Å². The Bertz CT molecular complexity index is 475. The molecule has 1 aliphatic carbocycles. The first kappa shape index (κ1) is 14.6. The number of hydrogen-bond acceptors (Lipinski definition) is 6. The average Bonchev–Trinajstić information content (AvgIpc) is 2.40. The normalized spacial score (nSPS) is 14.7. The highest BCUT2D eigenvalue weighted by atomic mass is 16.5. The van der Waals surface area contributed by atoms with Crippen molar-refractivity contribution < 1.29 is 14.6 Å². The molecular formula is C14H21N3O3. The van der Waals surface area contributed by atoms with Gasteiger partial charge in [-0.1, -0.05) is 0 Å². The number of esters is 1. The molecule has 6 nitrogen and oxygen atoms in total. The number of carbonyl (C=O) groups excluding carboxylic acids is 1. The summed E-state index contributed by atoms with van der Waals surface area (Å²) in [7, 11) is 1.34. The van der Waals surface area contributed by atoms with Crippen molar-refractivity contribution in [1.82, 2.24) is 4.98 Å². The first-order valence-electron chi connectivity index (χ1n) is 6.88. The standard InChI is InChI=1S/C14H21N3O3/c1-20-14(19)12-8-10(15)9-16-13(12)17(6-3-7-18)11-4-2-5-11/h8-9,11,18H,2-7,15H2,1H3. The molecule has 2 rings (SSSR count). The zero-order valence-electron chi connectivity index (χ0n) is 11.7. The van der Waals surface area contributed by atoms with Crippen LogP contribution in [0, 0.1) is 0 Å². The van der Waals surface area contributed by atoms with Crippen LogP contribution in [-0.2, 0) is 4.74 Å². The van der Waals surface area contributed by atoms with Gasteiger partial charge in [0.05, 0.1) is 19.0 Å². The molecule has 1 aromatic rings. The van der Waals surface area contributed by atoms with E-state index in [4.69, 9.17) is 15.6 Å². The van der Waals surface area contributed by atoms with E-state index in [0.29, 0.717) is 36.1 Å². The second-order valence-electron chi connectivity index (χ2n) is 4.99. The molecule has 0 bridgehead atoms. The summed E-state index contributed by atoms with van der Waals surface area (Å²) in [5, 5.41) is 9.04. The molecule has 1 saturated carbocycles. The first-order valence-corrected chi connectivity index (χ1v) is 6.88. The van der Waals surface area contributed by atoms with Gasteiger partial charge in [0.15, 0.2) is 0 Å². The second-order valence-corrected chi connectivity index (χ2v) is 4.99. The van der Waals surface area contributed by atoms with Crippen molar-refractivity contribution in [3.05, 3.63) is 17.8 Å². The fraction of sp³-hybridized carbons (Fsp3) is 0.571. The summed E-state index contributed by atoms with van der Waals surface area (Å²) in [6.07, 6.45) is 5.54. The third-order valence-electron chi connectivity index (χ3n) is 3.64. The Morgan fingerprint density at radius 2 is 2.35 bits per heavy atom. The fourth-order valence-electron chi connectivity index (χ4n) is 2.36. The van der Waals surface area contributed by atoms with E-state index < -0.39 is 5.97 Å². The molecule has 110 valence electrons. The first-order chi connectivity index (χ1) is 9.67. The Balaban J connectivity index is 2.33. The molecule has 3 N–H and O–H groups in total. The zero-order chi connectivity index (χ0) is 14.5. The second kappa shape index (κ2) is 6.56. The molecule has 1 heterocycles. The molecule has 6 heteroatoms. The molecule has 1 aromatic heterocycles. The molecule has 0 spiro atoms. The average molecular weight is 279 g/mol. The maximum atomic E-state index is 11.9. The molecule has 0 aromatic carbocycles. The van der Waals surface area contributed by atoms with Crippen LogP contribution >= 0.6 is 0 Å². The van der Waals surface area contributed by atoms with E-state index in [1.54, 1.807) is 12.3 Å². The number of aromatic nitrogens is 1. The number of carbonyl (C=O) groups is 1. The van der Waals surface area contributed by atoms with Gasteiger partial charge in [-0.05, 0) is 31.7 Å². The number of nitrogens with zero attached hydrogens (tertiary/aromatic N) is 2. The molecular weight excluding hydrogens is 258 g/mol. The maximum absolute atomic E-state index is 11.9. The monoisotopic (exact) mass is 279 g/mol. The van der Waals surface area contributed by atoms with E-state index in [1.165, 1.54) is 13.5 Å². The maximum Gasteiger partial charge on any atom is 0.341 e. The van der Waals surface area contributed by atoms with Gasteiger partial charge in [0, 0.05) is 19.2 Å². The van der Waals surface area contributed by atoms with Crippen LogP contribution in [0.2, 0.25) is 0 Å². The number of anilines is 2. The van der Waals surface area contributed by atoms with Crippen LogP contribution in [0.3, 0.4) is 0 Å². The topological polar surface area (TPSA) is 88.7 Å². The number of aliphatic hydroxyl groups excluding tert-OH is 1. The number of pyridine rings is 1. The highest BCUT2D eigenvalue weighted by molar-refractivity contribution is 5.95. The number of nitrogen functional groups attached to an aromatic ring is 1. The molecule has 1 aliphatic rings. The highest BCUT2D eigenvalue weighted by Gasteiger charge is 2.29. The summed E-state index contributed by atoms with van der Waals surface area (Å²) in [6, 6.07) is 1.97. The summed E-state index contributed by atoms with van der Waals surface area (Å²) in [5.74, 6) is 0.164. The third-order valence-corrected chi connectivity index (χ3v) is 3.64. The van der Waals surface area contributed by atoms with Gasteiger partial charge in [0.2, 0.25) is 0 Å². The van der Waals surface area contributed by atoms with Gasteiger partial charge in [-0.15, -0.1) is 0 Å². The Morgan fingerprint density at radius 3 is 2.90 bits per heavy atom. The number of rotatable bonds is 6. The highest BCUT2D eigenvalue weighted by Crippen LogP contribution is 2.31. The lowest BCUT2D eigenvalue weighted by Crippen LogP contribution is -2.42. The van der Waals surface area contributed by atoms with Gasteiger partial charge in [0.25, 0.3) is 0 Å². The molecule has 0 unspecified atom stereocenters. The van der Waals surface area contributed by atoms with Crippen molar-refractivity contribution in [3.8, 4) is 0 Å². The Kier molecular flexibility index (Phi) is 4.79. The fourth-order valence-corrected chi connectivity index (χ4v) is 2.36. The van der Waals surface area contributed by atoms with Gasteiger partial charge in [-0.3, -0.25) is 0 Å². The van der Waals surface area contributed by atoms with Crippen LogP contribution in [0.4, 0.5) is 11.5 Å². The predicted octanol–water partition coefficient (Wildman–Crippen LogP) is 1.19. The van der Waals surface area contributed by atoms with Crippen LogP contribution in [-0.4, -0.2) is 42.4 Å². The molecule has 0 radical (unpaired) electrons. The van der Waals surface area contributed by atoms with Gasteiger partial charge >= 0.3 is 5.97 Å². The quantitative estimate of drug-likeness (QED) is 0.760. The smallest absolute Gasteiger partial charge is 0.341 e. The predicted molar refractivity (Wildman–Crippen MR) is 76.7 cm³/mol. The Hall–Kier alpha value is -1.82. The molecule has 1 fully saturated rings. The number of hydrogen-bond donors (Lipinski definition) is 2. The molecule has 0 atom stereocenters. The van der Waals surface area contributed by atoms with E-state index in [2.05, 4.69) is 9.88 Å². The molecule has 0 aliphatic heterocycles. The minimum absolute atomic E-state index is 0.117. The number of ether oxygens (including phenoxy) is 1. The van der Waals surface area contributed by atoms with Gasteiger partial charge in [-0.25, -0.2) is 9.78 Å². The van der Waals surface area contributed by atoms with E-state index >= 15 is 0 Å². The lowest BCUT2D eigenvalue weighted by atomic mass is 9.91. The Labute approximate surface area is 118 Å². The van der Waals surface area contributed by atoms with Crippen molar-refractivity contribution >= 4 is 17.5 Å². The summed E-state index contributed by atoms with van der Waals surface area (Å²) in [5.41, 5.74) is 6.54. The van der Waals surface area contributed by atoms with Gasteiger partial charge < -0.3 is 20.5 Å². The van der Waals surface area contributed by atoms with Crippen LogP contribution < -0.4 is 10.6 Å². The van der Waals surface area contributed by atoms with Crippen LogP contribution in [0.25, 0.3) is 0 Å². The lowest BCUT2D eigenvalue weighted by molar-refractivity contribution is 0.0601. The summed E-state index contributed by atoms with van der Waals surface area (Å²) in [6.45, 7) is 0.786. The van der Waals surface area contributed by atoms with E-state index in [0.717, 1.165) is 12.8 Å².